The summed E-state index contributed by atoms with van der Waals surface area (Å²) in [4.78, 5) is 11.0. The van der Waals surface area contributed by atoms with Crippen molar-refractivity contribution >= 4 is 5.96 Å². The molecular weight excluding hydrogens is 282 g/mol. The smallest absolute Gasteiger partial charge is 0.228 e. The molecule has 0 aliphatic carbocycles. The number of rotatable bonds is 3. The second-order valence-corrected chi connectivity index (χ2v) is 6.48. The Morgan fingerprint density at radius 3 is 2.64 bits per heavy atom. The first-order valence-electron chi connectivity index (χ1n) is 8.15. The number of aromatic nitrogens is 2. The van der Waals surface area contributed by atoms with Gasteiger partial charge in [0.15, 0.2) is 11.8 Å². The van der Waals surface area contributed by atoms with Crippen LogP contribution in [-0.2, 0) is 11.2 Å². The standard InChI is InChI=1S/C15H23N5O2/c1-9-18-14(22-19-9)5-6-17-15(16-2)20-7-10-11(8-20)13-4-3-12(10)21-13/h10-13H,3-8H2,1-2H3,(H,16,17). The minimum absolute atomic E-state index is 0.486. The van der Waals surface area contributed by atoms with Gasteiger partial charge in [0.05, 0.1) is 12.2 Å². The maximum atomic E-state index is 6.03. The third kappa shape index (κ3) is 2.37. The average molecular weight is 305 g/mol. The first-order chi connectivity index (χ1) is 10.7. The van der Waals surface area contributed by atoms with E-state index in [4.69, 9.17) is 9.26 Å². The van der Waals surface area contributed by atoms with Crippen molar-refractivity contribution < 1.29 is 9.26 Å². The Morgan fingerprint density at radius 2 is 2.05 bits per heavy atom. The largest absolute Gasteiger partial charge is 0.374 e. The molecule has 4 unspecified atom stereocenters. The van der Waals surface area contributed by atoms with Crippen molar-refractivity contribution in [3.63, 3.8) is 0 Å². The lowest BCUT2D eigenvalue weighted by molar-refractivity contribution is 0.0767. The molecule has 4 atom stereocenters. The van der Waals surface area contributed by atoms with Gasteiger partial charge in [-0.05, 0) is 19.8 Å². The highest BCUT2D eigenvalue weighted by Crippen LogP contribution is 2.47. The van der Waals surface area contributed by atoms with Crippen molar-refractivity contribution in [2.75, 3.05) is 26.7 Å². The van der Waals surface area contributed by atoms with E-state index in [1.165, 1.54) is 12.8 Å². The van der Waals surface area contributed by atoms with E-state index in [1.807, 2.05) is 14.0 Å². The molecule has 3 aliphatic heterocycles. The van der Waals surface area contributed by atoms with Crippen molar-refractivity contribution in [2.45, 2.75) is 38.4 Å². The van der Waals surface area contributed by atoms with Crippen molar-refractivity contribution in [3.05, 3.63) is 11.7 Å². The van der Waals surface area contributed by atoms with Crippen LogP contribution in [0.15, 0.2) is 9.52 Å². The molecule has 7 heteroatoms. The summed E-state index contributed by atoms with van der Waals surface area (Å²) in [6, 6.07) is 0. The molecule has 1 N–H and O–H groups in total. The number of nitrogens with one attached hydrogen (secondary N) is 1. The fourth-order valence-corrected chi connectivity index (χ4v) is 4.19. The van der Waals surface area contributed by atoms with Gasteiger partial charge in [-0.2, -0.15) is 4.98 Å². The maximum Gasteiger partial charge on any atom is 0.228 e. The lowest BCUT2D eigenvalue weighted by Gasteiger charge is -2.23. The SMILES string of the molecule is CN=C(NCCc1nc(C)no1)N1CC2C3CCC(O3)C2C1. The predicted octanol–water partition coefficient (Wildman–Crippen LogP) is 0.605. The topological polar surface area (TPSA) is 75.8 Å². The fraction of sp³-hybridized carbons (Fsp3) is 0.800. The van der Waals surface area contributed by atoms with Crippen LogP contribution < -0.4 is 5.32 Å². The minimum atomic E-state index is 0.486. The maximum absolute atomic E-state index is 6.03. The Bertz CT molecular complexity index is 554. The van der Waals surface area contributed by atoms with Gasteiger partial charge in [-0.1, -0.05) is 5.16 Å². The van der Waals surface area contributed by atoms with Gasteiger partial charge in [0.2, 0.25) is 5.89 Å². The highest BCUT2D eigenvalue weighted by molar-refractivity contribution is 5.80. The summed E-state index contributed by atoms with van der Waals surface area (Å²) in [7, 11) is 1.85. The number of aliphatic imine (C=N–C) groups is 1. The van der Waals surface area contributed by atoms with Crippen LogP contribution in [0.2, 0.25) is 0 Å². The minimum Gasteiger partial charge on any atom is -0.374 e. The normalized spacial score (nSPS) is 33.5. The van der Waals surface area contributed by atoms with Gasteiger partial charge in [0, 0.05) is 44.9 Å². The lowest BCUT2D eigenvalue weighted by Crippen LogP contribution is -2.42. The van der Waals surface area contributed by atoms with Crippen LogP contribution in [-0.4, -0.2) is 59.9 Å². The zero-order valence-electron chi connectivity index (χ0n) is 13.2. The van der Waals surface area contributed by atoms with Crippen molar-refractivity contribution in [1.82, 2.24) is 20.4 Å². The molecule has 22 heavy (non-hydrogen) atoms. The number of hydrogen-bond donors (Lipinski definition) is 1. The third-order valence-electron chi connectivity index (χ3n) is 5.16. The van der Waals surface area contributed by atoms with Gasteiger partial charge >= 0.3 is 0 Å². The molecule has 3 saturated heterocycles. The number of fused-ring (bicyclic) bond motifs is 5. The van der Waals surface area contributed by atoms with E-state index in [2.05, 4.69) is 25.3 Å². The van der Waals surface area contributed by atoms with Crippen LogP contribution in [0.4, 0.5) is 0 Å². The number of hydrogen-bond acceptors (Lipinski definition) is 5. The number of ether oxygens (including phenoxy) is 1. The molecule has 1 aromatic heterocycles. The van der Waals surface area contributed by atoms with Gasteiger partial charge < -0.3 is 19.5 Å². The molecule has 1 aromatic rings. The summed E-state index contributed by atoms with van der Waals surface area (Å²) < 4.78 is 11.2. The number of guanidine groups is 1. The molecule has 4 rings (SSSR count). The molecular formula is C15H23N5O2. The van der Waals surface area contributed by atoms with E-state index in [0.29, 0.717) is 35.8 Å². The predicted molar refractivity (Wildman–Crippen MR) is 80.5 cm³/mol. The molecule has 0 saturated carbocycles. The molecule has 0 radical (unpaired) electrons. The zero-order valence-corrected chi connectivity index (χ0v) is 13.2. The summed E-state index contributed by atoms with van der Waals surface area (Å²) >= 11 is 0. The quantitative estimate of drug-likeness (QED) is 0.651. The first-order valence-corrected chi connectivity index (χ1v) is 8.15. The van der Waals surface area contributed by atoms with E-state index < -0.39 is 0 Å². The molecule has 3 aliphatic rings. The average Bonchev–Trinajstić information content (AvgIpc) is 3.25. The van der Waals surface area contributed by atoms with Crippen LogP contribution in [0, 0.1) is 18.8 Å². The lowest BCUT2D eigenvalue weighted by atomic mass is 9.82. The monoisotopic (exact) mass is 305 g/mol. The van der Waals surface area contributed by atoms with Gasteiger partial charge in [-0.3, -0.25) is 4.99 Å². The summed E-state index contributed by atoms with van der Waals surface area (Å²) in [5.41, 5.74) is 0. The van der Waals surface area contributed by atoms with E-state index in [1.54, 1.807) is 0 Å². The van der Waals surface area contributed by atoms with Crippen molar-refractivity contribution in [3.8, 4) is 0 Å². The molecule has 2 bridgehead atoms. The van der Waals surface area contributed by atoms with Crippen LogP contribution >= 0.6 is 0 Å². The second-order valence-electron chi connectivity index (χ2n) is 6.48. The second kappa shape index (κ2) is 5.53. The Hall–Kier alpha value is -1.63. The fourth-order valence-electron chi connectivity index (χ4n) is 4.19. The molecule has 0 amide bonds. The molecule has 7 nitrogen and oxygen atoms in total. The summed E-state index contributed by atoms with van der Waals surface area (Å²) in [5.74, 6) is 3.71. The highest BCUT2D eigenvalue weighted by atomic mass is 16.5. The Kier molecular flexibility index (Phi) is 3.52. The van der Waals surface area contributed by atoms with Crippen LogP contribution in [0.25, 0.3) is 0 Å². The van der Waals surface area contributed by atoms with Crippen LogP contribution in [0.1, 0.15) is 24.6 Å². The first kappa shape index (κ1) is 14.0. The van der Waals surface area contributed by atoms with Crippen molar-refractivity contribution in [2.24, 2.45) is 16.8 Å². The number of aryl methyl sites for hydroxylation is 1. The van der Waals surface area contributed by atoms with Crippen LogP contribution in [0.3, 0.4) is 0 Å². The molecule has 0 spiro atoms. The summed E-state index contributed by atoms with van der Waals surface area (Å²) in [6.07, 6.45) is 4.17. The number of likely N-dealkylation sites (tertiary alicyclic amines) is 1. The number of nitrogens with zero attached hydrogens (tertiary/aromatic N) is 4. The highest BCUT2D eigenvalue weighted by Gasteiger charge is 2.53. The van der Waals surface area contributed by atoms with Crippen molar-refractivity contribution in [1.29, 1.82) is 0 Å². The molecule has 3 fully saturated rings. The third-order valence-corrected chi connectivity index (χ3v) is 5.16. The van der Waals surface area contributed by atoms with Gasteiger partial charge in [0.25, 0.3) is 0 Å². The Labute approximate surface area is 130 Å². The molecule has 4 heterocycles. The van der Waals surface area contributed by atoms with E-state index in [9.17, 15) is 0 Å². The Balaban J connectivity index is 1.31. The van der Waals surface area contributed by atoms with E-state index in [-0.39, 0.29) is 0 Å². The Morgan fingerprint density at radius 1 is 1.32 bits per heavy atom. The van der Waals surface area contributed by atoms with Crippen LogP contribution in [0.5, 0.6) is 0 Å². The molecule has 120 valence electrons. The van der Waals surface area contributed by atoms with Gasteiger partial charge in [-0.15, -0.1) is 0 Å². The van der Waals surface area contributed by atoms with Gasteiger partial charge in [-0.25, -0.2) is 0 Å². The molecule has 0 aromatic carbocycles. The van der Waals surface area contributed by atoms with E-state index in [0.717, 1.165) is 32.0 Å². The summed E-state index contributed by atoms with van der Waals surface area (Å²) in [6.45, 7) is 4.71. The van der Waals surface area contributed by atoms with E-state index >= 15 is 0 Å². The van der Waals surface area contributed by atoms with Gasteiger partial charge in [0.1, 0.15) is 0 Å². The summed E-state index contributed by atoms with van der Waals surface area (Å²) in [5, 5.41) is 7.22. The zero-order chi connectivity index (χ0) is 15.1.